The minimum atomic E-state index is -0.307. The molecule has 8 heteroatoms. The van der Waals surface area contributed by atoms with Crippen molar-refractivity contribution in [2.75, 3.05) is 57.8 Å². The number of nitrogens with zero attached hydrogens (tertiary/aromatic N) is 3. The molecule has 1 N–H and O–H groups in total. The lowest BCUT2D eigenvalue weighted by atomic mass is 9.78. The van der Waals surface area contributed by atoms with Crippen LogP contribution in [0.1, 0.15) is 62.8 Å². The standard InChI is InChI=1S/C26H40N4O3.ClH/c1-33-26-17-24(23(22-2-3-22)16-25(26)30(31)32)29-14-8-21(9-15-29)20-6-12-28(13-7-20)18-19-4-10-27-11-5-19;/h16-17,19-22,27H,2-15,18H2,1H3;1H. The monoisotopic (exact) mass is 492 g/mol. The van der Waals surface area contributed by atoms with Crippen molar-refractivity contribution in [3.05, 3.63) is 27.8 Å². The van der Waals surface area contributed by atoms with Crippen LogP contribution in [0.3, 0.4) is 0 Å². The summed E-state index contributed by atoms with van der Waals surface area (Å²) in [6, 6.07) is 3.72. The number of nitrogens with one attached hydrogen (secondary N) is 1. The fourth-order valence-corrected chi connectivity index (χ4v) is 6.52. The SMILES string of the molecule is COc1cc(N2CCC(C3CCN(CC4CCNCC4)CC3)CC2)c(C2CC2)cc1[N+](=O)[O-].Cl. The molecule has 3 saturated heterocycles. The van der Waals surface area contributed by atoms with Crippen LogP contribution in [0.15, 0.2) is 12.1 Å². The van der Waals surface area contributed by atoms with Gasteiger partial charge in [-0.1, -0.05) is 0 Å². The average Bonchev–Trinajstić information content (AvgIpc) is 3.70. The van der Waals surface area contributed by atoms with E-state index in [0.29, 0.717) is 11.7 Å². The third-order valence-corrected chi connectivity index (χ3v) is 8.70. The average molecular weight is 493 g/mol. The molecule has 0 aromatic heterocycles. The van der Waals surface area contributed by atoms with E-state index in [1.165, 1.54) is 84.0 Å². The Labute approximate surface area is 210 Å². The summed E-state index contributed by atoms with van der Waals surface area (Å²) in [5.74, 6) is 3.46. The topological polar surface area (TPSA) is 70.9 Å². The molecule has 1 aromatic rings. The normalized spacial score (nSPS) is 23.5. The zero-order valence-corrected chi connectivity index (χ0v) is 21.4. The summed E-state index contributed by atoms with van der Waals surface area (Å²) in [6.07, 6.45) is 10.2. The number of hydrogen-bond acceptors (Lipinski definition) is 6. The van der Waals surface area contributed by atoms with Gasteiger partial charge >= 0.3 is 5.69 Å². The predicted octanol–water partition coefficient (Wildman–Crippen LogP) is 4.83. The predicted molar refractivity (Wildman–Crippen MR) is 139 cm³/mol. The molecule has 4 fully saturated rings. The summed E-state index contributed by atoms with van der Waals surface area (Å²) in [4.78, 5) is 16.4. The summed E-state index contributed by atoms with van der Waals surface area (Å²) < 4.78 is 5.40. The molecule has 4 aliphatic rings. The van der Waals surface area contributed by atoms with Crippen LogP contribution in [-0.4, -0.2) is 62.7 Å². The number of likely N-dealkylation sites (tertiary alicyclic amines) is 1. The van der Waals surface area contributed by atoms with Gasteiger partial charge in [0.15, 0.2) is 5.75 Å². The highest BCUT2D eigenvalue weighted by Gasteiger charge is 2.35. The van der Waals surface area contributed by atoms with E-state index in [-0.39, 0.29) is 23.0 Å². The van der Waals surface area contributed by atoms with Gasteiger partial charge in [-0.15, -0.1) is 12.4 Å². The summed E-state index contributed by atoms with van der Waals surface area (Å²) in [5, 5.41) is 15.0. The zero-order chi connectivity index (χ0) is 22.8. The van der Waals surface area contributed by atoms with Crippen molar-refractivity contribution in [2.45, 2.75) is 57.3 Å². The second kappa shape index (κ2) is 11.4. The number of halogens is 1. The van der Waals surface area contributed by atoms with Gasteiger partial charge in [-0.25, -0.2) is 0 Å². The van der Waals surface area contributed by atoms with Crippen LogP contribution in [0, 0.1) is 27.9 Å². The molecule has 3 heterocycles. The van der Waals surface area contributed by atoms with E-state index in [2.05, 4.69) is 15.1 Å². The van der Waals surface area contributed by atoms with E-state index < -0.39 is 0 Å². The lowest BCUT2D eigenvalue weighted by Crippen LogP contribution is -2.43. The van der Waals surface area contributed by atoms with Crippen molar-refractivity contribution in [3.63, 3.8) is 0 Å². The molecule has 0 atom stereocenters. The molecular formula is C26H41ClN4O3. The smallest absolute Gasteiger partial charge is 0.311 e. The fraction of sp³-hybridized carbons (Fsp3) is 0.769. The summed E-state index contributed by atoms with van der Waals surface area (Å²) in [7, 11) is 1.53. The van der Waals surface area contributed by atoms with E-state index in [1.807, 2.05) is 6.07 Å². The largest absolute Gasteiger partial charge is 0.490 e. The van der Waals surface area contributed by atoms with E-state index in [0.717, 1.165) is 49.2 Å². The number of hydrogen-bond donors (Lipinski definition) is 1. The molecule has 3 aliphatic heterocycles. The van der Waals surface area contributed by atoms with Crippen LogP contribution in [0.25, 0.3) is 0 Å². The molecule has 0 amide bonds. The minimum absolute atomic E-state index is 0. The van der Waals surface area contributed by atoms with Crippen molar-refractivity contribution in [1.29, 1.82) is 0 Å². The van der Waals surface area contributed by atoms with Crippen LogP contribution < -0.4 is 15.0 Å². The Morgan fingerprint density at radius 1 is 0.971 bits per heavy atom. The molecule has 5 rings (SSSR count). The Morgan fingerprint density at radius 2 is 1.59 bits per heavy atom. The molecule has 0 bridgehead atoms. The van der Waals surface area contributed by atoms with Crippen molar-refractivity contribution < 1.29 is 9.66 Å². The number of rotatable bonds is 7. The van der Waals surface area contributed by atoms with E-state index in [1.54, 1.807) is 6.07 Å². The number of nitro groups is 1. The van der Waals surface area contributed by atoms with E-state index >= 15 is 0 Å². The molecule has 0 unspecified atom stereocenters. The van der Waals surface area contributed by atoms with Crippen LogP contribution in [0.5, 0.6) is 5.75 Å². The molecule has 190 valence electrons. The first-order chi connectivity index (χ1) is 16.1. The van der Waals surface area contributed by atoms with Gasteiger partial charge in [-0.3, -0.25) is 10.1 Å². The molecule has 1 aliphatic carbocycles. The quantitative estimate of drug-likeness (QED) is 0.434. The first-order valence-corrected chi connectivity index (χ1v) is 13.2. The second-order valence-corrected chi connectivity index (χ2v) is 10.8. The number of benzene rings is 1. The minimum Gasteiger partial charge on any atom is -0.490 e. The van der Waals surface area contributed by atoms with E-state index in [4.69, 9.17) is 4.74 Å². The highest BCUT2D eigenvalue weighted by Crippen LogP contribution is 2.48. The third kappa shape index (κ3) is 5.80. The lowest BCUT2D eigenvalue weighted by Gasteiger charge is -2.42. The van der Waals surface area contributed by atoms with E-state index in [9.17, 15) is 10.1 Å². The van der Waals surface area contributed by atoms with Gasteiger partial charge < -0.3 is 19.9 Å². The van der Waals surface area contributed by atoms with Gasteiger partial charge in [0.25, 0.3) is 0 Å². The Hall–Kier alpha value is -1.57. The number of nitro benzene ring substituents is 1. The van der Waals surface area contributed by atoms with Crippen LogP contribution >= 0.6 is 12.4 Å². The highest BCUT2D eigenvalue weighted by molar-refractivity contribution is 5.85. The van der Waals surface area contributed by atoms with Crippen molar-refractivity contribution in [2.24, 2.45) is 17.8 Å². The molecular weight excluding hydrogens is 452 g/mol. The molecule has 7 nitrogen and oxygen atoms in total. The first kappa shape index (κ1) is 25.5. The van der Waals surface area contributed by atoms with Gasteiger partial charge in [0, 0.05) is 37.5 Å². The van der Waals surface area contributed by atoms with Crippen molar-refractivity contribution in [1.82, 2.24) is 10.2 Å². The lowest BCUT2D eigenvalue weighted by molar-refractivity contribution is -0.385. The molecule has 34 heavy (non-hydrogen) atoms. The molecule has 0 spiro atoms. The van der Waals surface area contributed by atoms with Gasteiger partial charge in [0.05, 0.1) is 12.0 Å². The Kier molecular flexibility index (Phi) is 8.59. The number of ether oxygens (including phenoxy) is 1. The molecule has 1 aromatic carbocycles. The van der Waals surface area contributed by atoms with Crippen molar-refractivity contribution >= 4 is 23.8 Å². The summed E-state index contributed by atoms with van der Waals surface area (Å²) in [5.41, 5.74) is 2.44. The Balaban J connectivity index is 0.00000274. The van der Waals surface area contributed by atoms with Crippen molar-refractivity contribution in [3.8, 4) is 5.75 Å². The van der Waals surface area contributed by atoms with Gasteiger partial charge in [0.2, 0.25) is 0 Å². The van der Waals surface area contributed by atoms with Gasteiger partial charge in [0.1, 0.15) is 0 Å². The fourth-order valence-electron chi connectivity index (χ4n) is 6.52. The van der Waals surface area contributed by atoms with Crippen LogP contribution in [0.2, 0.25) is 0 Å². The maximum Gasteiger partial charge on any atom is 0.311 e. The van der Waals surface area contributed by atoms with Gasteiger partial charge in [-0.05, 0) is 107 Å². The molecule has 0 radical (unpaired) electrons. The Morgan fingerprint density at radius 3 is 2.15 bits per heavy atom. The van der Waals surface area contributed by atoms with Crippen LogP contribution in [-0.2, 0) is 0 Å². The molecule has 1 saturated carbocycles. The van der Waals surface area contributed by atoms with Crippen LogP contribution in [0.4, 0.5) is 11.4 Å². The third-order valence-electron chi connectivity index (χ3n) is 8.70. The number of anilines is 1. The maximum atomic E-state index is 11.5. The maximum absolute atomic E-state index is 11.5. The summed E-state index contributed by atoms with van der Waals surface area (Å²) >= 11 is 0. The first-order valence-electron chi connectivity index (χ1n) is 13.2. The number of methoxy groups -OCH3 is 1. The second-order valence-electron chi connectivity index (χ2n) is 10.8. The zero-order valence-electron chi connectivity index (χ0n) is 20.5. The number of piperidine rings is 3. The summed E-state index contributed by atoms with van der Waals surface area (Å²) in [6.45, 7) is 8.37. The highest BCUT2D eigenvalue weighted by atomic mass is 35.5. The Bertz CT molecular complexity index is 828. The van der Waals surface area contributed by atoms with Gasteiger partial charge in [-0.2, -0.15) is 0 Å².